The summed E-state index contributed by atoms with van der Waals surface area (Å²) in [5.74, 6) is 1.45. The Morgan fingerprint density at radius 3 is 2.76 bits per heavy atom. The molecular formula is C12H17N3S2. The zero-order valence-electron chi connectivity index (χ0n) is 10.3. The van der Waals surface area contributed by atoms with E-state index in [1.807, 2.05) is 0 Å². The lowest BCUT2D eigenvalue weighted by molar-refractivity contribution is 0.553. The summed E-state index contributed by atoms with van der Waals surface area (Å²) in [7, 11) is 0. The predicted octanol–water partition coefficient (Wildman–Crippen LogP) is 3.97. The molecule has 2 aromatic heterocycles. The first kappa shape index (κ1) is 12.5. The molecule has 2 rings (SSSR count). The van der Waals surface area contributed by atoms with Crippen LogP contribution < -0.4 is 5.32 Å². The van der Waals surface area contributed by atoms with E-state index in [0.717, 1.165) is 17.4 Å². The number of anilines is 1. The highest BCUT2D eigenvalue weighted by Crippen LogP contribution is 2.30. The van der Waals surface area contributed by atoms with E-state index in [0.29, 0.717) is 12.0 Å². The first-order chi connectivity index (χ1) is 8.20. The number of hydrogen-bond acceptors (Lipinski definition) is 5. The van der Waals surface area contributed by atoms with Crippen LogP contribution in [-0.2, 0) is 6.42 Å². The number of thiophene rings is 1. The molecule has 17 heavy (non-hydrogen) atoms. The van der Waals surface area contributed by atoms with E-state index in [1.54, 1.807) is 11.3 Å². The molecule has 92 valence electrons. The van der Waals surface area contributed by atoms with Gasteiger partial charge in [0.25, 0.3) is 0 Å². The molecule has 2 aromatic rings. The van der Waals surface area contributed by atoms with Crippen molar-refractivity contribution in [1.82, 2.24) is 9.36 Å². The molecule has 0 bridgehead atoms. The fourth-order valence-electron chi connectivity index (χ4n) is 1.62. The number of aromatic nitrogens is 2. The predicted molar refractivity (Wildman–Crippen MR) is 74.8 cm³/mol. The molecule has 0 saturated heterocycles. The quantitative estimate of drug-likeness (QED) is 0.890. The van der Waals surface area contributed by atoms with Crippen LogP contribution in [0.15, 0.2) is 17.5 Å². The van der Waals surface area contributed by atoms with Crippen LogP contribution in [0.1, 0.15) is 37.5 Å². The lowest BCUT2D eigenvalue weighted by Crippen LogP contribution is -2.15. The van der Waals surface area contributed by atoms with Crippen molar-refractivity contribution in [2.24, 2.45) is 5.92 Å². The molecule has 1 unspecified atom stereocenters. The minimum Gasteiger partial charge on any atom is -0.352 e. The van der Waals surface area contributed by atoms with Crippen molar-refractivity contribution in [1.29, 1.82) is 0 Å². The fraction of sp³-hybridized carbons (Fsp3) is 0.500. The molecule has 2 heterocycles. The van der Waals surface area contributed by atoms with Crippen LogP contribution in [-0.4, -0.2) is 9.36 Å². The minimum absolute atomic E-state index is 0.327. The molecule has 3 nitrogen and oxygen atoms in total. The van der Waals surface area contributed by atoms with Gasteiger partial charge in [0.1, 0.15) is 5.82 Å². The second-order valence-electron chi connectivity index (χ2n) is 4.25. The number of rotatable bonds is 5. The van der Waals surface area contributed by atoms with Crippen molar-refractivity contribution in [2.45, 2.75) is 33.2 Å². The molecule has 0 spiro atoms. The van der Waals surface area contributed by atoms with Gasteiger partial charge in [0.15, 0.2) is 0 Å². The maximum atomic E-state index is 4.46. The van der Waals surface area contributed by atoms with Crippen LogP contribution in [0.25, 0.3) is 0 Å². The van der Waals surface area contributed by atoms with Crippen molar-refractivity contribution in [3.8, 4) is 0 Å². The molecule has 0 amide bonds. The summed E-state index contributed by atoms with van der Waals surface area (Å²) in [5, 5.41) is 6.53. The Bertz CT molecular complexity index is 448. The zero-order valence-corrected chi connectivity index (χ0v) is 11.9. The van der Waals surface area contributed by atoms with Gasteiger partial charge in [-0.05, 0) is 17.4 Å². The molecule has 0 saturated carbocycles. The maximum absolute atomic E-state index is 4.46. The summed E-state index contributed by atoms with van der Waals surface area (Å²) in [4.78, 5) is 5.82. The summed E-state index contributed by atoms with van der Waals surface area (Å²) in [6.45, 7) is 6.52. The van der Waals surface area contributed by atoms with Gasteiger partial charge in [-0.1, -0.05) is 26.8 Å². The van der Waals surface area contributed by atoms with Gasteiger partial charge in [-0.25, -0.2) is 4.98 Å². The Balaban J connectivity index is 2.13. The third kappa shape index (κ3) is 3.04. The van der Waals surface area contributed by atoms with Crippen LogP contribution in [0.5, 0.6) is 0 Å². The number of nitrogens with zero attached hydrogens (tertiary/aromatic N) is 2. The Labute approximate surface area is 110 Å². The Morgan fingerprint density at radius 1 is 1.41 bits per heavy atom. The molecular weight excluding hydrogens is 250 g/mol. The van der Waals surface area contributed by atoms with Gasteiger partial charge in [0, 0.05) is 22.8 Å². The third-order valence-corrected chi connectivity index (χ3v) is 4.22. The van der Waals surface area contributed by atoms with Crippen molar-refractivity contribution < 1.29 is 0 Å². The molecule has 0 radical (unpaired) electrons. The van der Waals surface area contributed by atoms with Gasteiger partial charge < -0.3 is 5.32 Å². The SMILES string of the molecule is CCc1nsc(NC(c2cccs2)C(C)C)n1. The van der Waals surface area contributed by atoms with Gasteiger partial charge in [-0.15, -0.1) is 11.3 Å². The Morgan fingerprint density at radius 2 is 2.24 bits per heavy atom. The largest absolute Gasteiger partial charge is 0.352 e. The lowest BCUT2D eigenvalue weighted by Gasteiger charge is -2.20. The maximum Gasteiger partial charge on any atom is 0.203 e. The van der Waals surface area contributed by atoms with E-state index in [1.165, 1.54) is 16.4 Å². The first-order valence-corrected chi connectivity index (χ1v) is 7.48. The van der Waals surface area contributed by atoms with Crippen LogP contribution in [0, 0.1) is 5.92 Å². The zero-order chi connectivity index (χ0) is 12.3. The van der Waals surface area contributed by atoms with E-state index < -0.39 is 0 Å². The summed E-state index contributed by atoms with van der Waals surface area (Å²) >= 11 is 3.23. The van der Waals surface area contributed by atoms with E-state index in [2.05, 4.69) is 53.0 Å². The average Bonchev–Trinajstić information content (AvgIpc) is 2.96. The van der Waals surface area contributed by atoms with Gasteiger partial charge in [-0.2, -0.15) is 4.37 Å². The molecule has 0 fully saturated rings. The summed E-state index contributed by atoms with van der Waals surface area (Å²) < 4.78 is 4.30. The van der Waals surface area contributed by atoms with Gasteiger partial charge in [0.05, 0.1) is 6.04 Å². The summed E-state index contributed by atoms with van der Waals surface area (Å²) in [6.07, 6.45) is 0.892. The van der Waals surface area contributed by atoms with Crippen LogP contribution in [0.2, 0.25) is 0 Å². The van der Waals surface area contributed by atoms with Crippen molar-refractivity contribution in [3.63, 3.8) is 0 Å². The molecule has 1 atom stereocenters. The second kappa shape index (κ2) is 5.60. The monoisotopic (exact) mass is 267 g/mol. The van der Waals surface area contributed by atoms with Crippen LogP contribution >= 0.6 is 22.9 Å². The Hall–Kier alpha value is -0.940. The molecule has 0 aliphatic carbocycles. The topological polar surface area (TPSA) is 37.8 Å². The van der Waals surface area contributed by atoms with Crippen molar-refractivity contribution in [2.75, 3.05) is 5.32 Å². The summed E-state index contributed by atoms with van der Waals surface area (Å²) in [6, 6.07) is 4.59. The van der Waals surface area contributed by atoms with E-state index >= 15 is 0 Å². The lowest BCUT2D eigenvalue weighted by atomic mass is 10.0. The van der Waals surface area contributed by atoms with Gasteiger partial charge >= 0.3 is 0 Å². The van der Waals surface area contributed by atoms with Crippen LogP contribution in [0.3, 0.4) is 0 Å². The standard InChI is InChI=1S/C12H17N3S2/c1-4-10-13-12(17-15-10)14-11(8(2)3)9-6-5-7-16-9/h5-8,11H,4H2,1-3H3,(H,13,14,15). The molecule has 0 aliphatic rings. The van der Waals surface area contributed by atoms with Crippen molar-refractivity contribution >= 4 is 28.0 Å². The molecule has 5 heteroatoms. The van der Waals surface area contributed by atoms with E-state index in [-0.39, 0.29) is 0 Å². The van der Waals surface area contributed by atoms with E-state index in [9.17, 15) is 0 Å². The highest BCUT2D eigenvalue weighted by molar-refractivity contribution is 7.10. The third-order valence-electron chi connectivity index (χ3n) is 2.58. The average molecular weight is 267 g/mol. The summed E-state index contributed by atoms with van der Waals surface area (Å²) in [5.41, 5.74) is 0. The molecule has 0 aliphatic heterocycles. The smallest absolute Gasteiger partial charge is 0.203 e. The normalized spacial score (nSPS) is 12.9. The van der Waals surface area contributed by atoms with Crippen molar-refractivity contribution in [3.05, 3.63) is 28.2 Å². The highest BCUT2D eigenvalue weighted by atomic mass is 32.1. The number of hydrogen-bond donors (Lipinski definition) is 1. The number of nitrogens with one attached hydrogen (secondary N) is 1. The highest BCUT2D eigenvalue weighted by Gasteiger charge is 2.18. The Kier molecular flexibility index (Phi) is 4.12. The first-order valence-electron chi connectivity index (χ1n) is 5.83. The van der Waals surface area contributed by atoms with E-state index in [4.69, 9.17) is 0 Å². The fourth-order valence-corrected chi connectivity index (χ4v) is 3.26. The van der Waals surface area contributed by atoms with Gasteiger partial charge in [-0.3, -0.25) is 0 Å². The molecule has 0 aromatic carbocycles. The minimum atomic E-state index is 0.327. The second-order valence-corrected chi connectivity index (χ2v) is 5.98. The van der Waals surface area contributed by atoms with Gasteiger partial charge in [0.2, 0.25) is 5.13 Å². The van der Waals surface area contributed by atoms with Crippen LogP contribution in [0.4, 0.5) is 5.13 Å². The number of aryl methyl sites for hydroxylation is 1. The molecule has 1 N–H and O–H groups in total.